The van der Waals surface area contributed by atoms with Crippen molar-refractivity contribution in [2.24, 2.45) is 0 Å². The summed E-state index contributed by atoms with van der Waals surface area (Å²) in [7, 11) is 1.59. The van der Waals surface area contributed by atoms with E-state index >= 15 is 0 Å². The summed E-state index contributed by atoms with van der Waals surface area (Å²) in [6.45, 7) is 3.64. The molecule has 1 N–H and O–H groups in total. The maximum absolute atomic E-state index is 11.0. The predicted molar refractivity (Wildman–Crippen MR) is 65.6 cm³/mol. The van der Waals surface area contributed by atoms with Crippen molar-refractivity contribution < 1.29 is 14.6 Å². The van der Waals surface area contributed by atoms with E-state index in [9.17, 15) is 4.79 Å². The number of aryl methyl sites for hydroxylation is 1. The lowest BCUT2D eigenvalue weighted by molar-refractivity contribution is -0.138. The first-order chi connectivity index (χ1) is 7.51. The van der Waals surface area contributed by atoms with Crippen molar-refractivity contribution in [2.45, 2.75) is 24.7 Å². The van der Waals surface area contributed by atoms with Crippen LogP contribution in [0.5, 0.6) is 5.75 Å². The van der Waals surface area contributed by atoms with Gasteiger partial charge >= 0.3 is 5.97 Å². The van der Waals surface area contributed by atoms with Crippen molar-refractivity contribution in [3.05, 3.63) is 23.3 Å². The minimum atomic E-state index is -0.818. The Labute approximate surface area is 99.8 Å². The number of rotatable bonds is 4. The molecular weight excluding hydrogens is 224 g/mol. The van der Waals surface area contributed by atoms with Crippen LogP contribution in [0.2, 0.25) is 0 Å². The lowest BCUT2D eigenvalue weighted by Gasteiger charge is -2.15. The second-order valence-corrected chi connectivity index (χ2v) is 4.47. The van der Waals surface area contributed by atoms with Crippen molar-refractivity contribution in [3.63, 3.8) is 0 Å². The van der Waals surface area contributed by atoms with Gasteiger partial charge in [-0.3, -0.25) is 4.79 Å². The number of hydrogen-bond donors (Lipinski definition) is 1. The van der Waals surface area contributed by atoms with Gasteiger partial charge in [-0.1, -0.05) is 0 Å². The lowest BCUT2D eigenvalue weighted by Crippen LogP contribution is -2.09. The average molecular weight is 240 g/mol. The molecule has 1 aromatic rings. The number of aliphatic carboxylic acids is 1. The van der Waals surface area contributed by atoms with E-state index < -0.39 is 11.9 Å². The number of thioether (sulfide) groups is 1. The van der Waals surface area contributed by atoms with Gasteiger partial charge in [0.05, 0.1) is 13.0 Å². The Hall–Kier alpha value is -1.16. The van der Waals surface area contributed by atoms with Crippen LogP contribution in [0.25, 0.3) is 0 Å². The molecule has 0 aromatic heterocycles. The van der Waals surface area contributed by atoms with Gasteiger partial charge in [-0.25, -0.2) is 0 Å². The topological polar surface area (TPSA) is 46.5 Å². The van der Waals surface area contributed by atoms with Crippen LogP contribution in [0.1, 0.15) is 24.0 Å². The molecule has 1 unspecified atom stereocenters. The molecule has 1 aromatic carbocycles. The third-order valence-corrected chi connectivity index (χ3v) is 3.38. The van der Waals surface area contributed by atoms with Crippen LogP contribution >= 0.6 is 11.8 Å². The molecule has 0 saturated carbocycles. The van der Waals surface area contributed by atoms with E-state index in [-0.39, 0.29) is 0 Å². The van der Waals surface area contributed by atoms with Gasteiger partial charge in [0.25, 0.3) is 0 Å². The molecule has 0 heterocycles. The second kappa shape index (κ2) is 5.25. The second-order valence-electron chi connectivity index (χ2n) is 3.62. The first-order valence-electron chi connectivity index (χ1n) is 4.96. The number of hydrogen-bond acceptors (Lipinski definition) is 3. The van der Waals surface area contributed by atoms with Crippen LogP contribution in [0.15, 0.2) is 17.0 Å². The summed E-state index contributed by atoms with van der Waals surface area (Å²) in [6, 6.07) is 3.79. The average Bonchev–Trinajstić information content (AvgIpc) is 2.27. The highest BCUT2D eigenvalue weighted by Gasteiger charge is 2.19. The monoisotopic (exact) mass is 240 g/mol. The summed E-state index contributed by atoms with van der Waals surface area (Å²) >= 11 is 1.56. The predicted octanol–water partition coefficient (Wildman–Crippen LogP) is 2.91. The third-order valence-electron chi connectivity index (χ3n) is 2.58. The molecule has 0 bridgehead atoms. The van der Waals surface area contributed by atoms with Gasteiger partial charge in [0.15, 0.2) is 0 Å². The van der Waals surface area contributed by atoms with E-state index in [1.807, 2.05) is 25.3 Å². The molecular formula is C12H16O3S. The molecule has 0 saturated heterocycles. The zero-order valence-electron chi connectivity index (χ0n) is 9.90. The molecule has 0 fully saturated rings. The van der Waals surface area contributed by atoms with E-state index in [4.69, 9.17) is 9.84 Å². The van der Waals surface area contributed by atoms with E-state index in [0.717, 1.165) is 21.8 Å². The normalized spacial score (nSPS) is 12.2. The summed E-state index contributed by atoms with van der Waals surface area (Å²) in [5.74, 6) is -0.598. The number of carboxylic acid groups (broad SMARTS) is 1. The summed E-state index contributed by atoms with van der Waals surface area (Å²) in [6.07, 6.45) is 1.94. The number of benzene rings is 1. The summed E-state index contributed by atoms with van der Waals surface area (Å²) in [4.78, 5) is 12.0. The van der Waals surface area contributed by atoms with Crippen molar-refractivity contribution in [1.29, 1.82) is 0 Å². The van der Waals surface area contributed by atoms with Gasteiger partial charge in [-0.15, -0.1) is 11.8 Å². The molecule has 0 radical (unpaired) electrons. The molecule has 88 valence electrons. The van der Waals surface area contributed by atoms with Gasteiger partial charge in [0, 0.05) is 4.90 Å². The molecule has 1 atom stereocenters. The molecule has 16 heavy (non-hydrogen) atoms. The van der Waals surface area contributed by atoms with Crippen LogP contribution in [-0.2, 0) is 4.79 Å². The van der Waals surface area contributed by atoms with E-state index in [1.54, 1.807) is 25.8 Å². The van der Waals surface area contributed by atoms with Crippen LogP contribution in [0.3, 0.4) is 0 Å². The minimum Gasteiger partial charge on any atom is -0.496 e. The van der Waals surface area contributed by atoms with Crippen LogP contribution in [-0.4, -0.2) is 24.4 Å². The highest BCUT2D eigenvalue weighted by atomic mass is 32.2. The molecule has 0 aliphatic carbocycles. The summed E-state index contributed by atoms with van der Waals surface area (Å²) < 4.78 is 5.21. The van der Waals surface area contributed by atoms with Crippen molar-refractivity contribution in [2.75, 3.05) is 13.4 Å². The fourth-order valence-electron chi connectivity index (χ4n) is 1.55. The molecule has 3 nitrogen and oxygen atoms in total. The maximum Gasteiger partial charge on any atom is 0.310 e. The zero-order chi connectivity index (χ0) is 12.3. The molecule has 0 amide bonds. The van der Waals surface area contributed by atoms with Gasteiger partial charge in [0.2, 0.25) is 0 Å². The lowest BCUT2D eigenvalue weighted by atomic mass is 9.99. The van der Waals surface area contributed by atoms with Gasteiger partial charge in [-0.05, 0) is 43.4 Å². The summed E-state index contributed by atoms with van der Waals surface area (Å²) in [5.41, 5.74) is 1.83. The Morgan fingerprint density at radius 1 is 1.50 bits per heavy atom. The van der Waals surface area contributed by atoms with Gasteiger partial charge in [0.1, 0.15) is 5.75 Å². The molecule has 4 heteroatoms. The first-order valence-corrected chi connectivity index (χ1v) is 6.19. The molecule has 0 aliphatic heterocycles. The maximum atomic E-state index is 11.0. The van der Waals surface area contributed by atoms with E-state index in [2.05, 4.69) is 0 Å². The number of methoxy groups -OCH3 is 1. The number of ether oxygens (including phenoxy) is 1. The standard InChI is InChI=1S/C12H16O3S/c1-7-5-11(16-4)9(6-10(7)15-3)8(2)12(13)14/h5-6,8H,1-4H3,(H,13,14). The van der Waals surface area contributed by atoms with E-state index in [1.165, 1.54) is 0 Å². The molecule has 0 aliphatic rings. The van der Waals surface area contributed by atoms with Crippen molar-refractivity contribution >= 4 is 17.7 Å². The number of carbonyl (C=O) groups is 1. The zero-order valence-corrected chi connectivity index (χ0v) is 10.7. The largest absolute Gasteiger partial charge is 0.496 e. The van der Waals surface area contributed by atoms with Crippen molar-refractivity contribution in [1.82, 2.24) is 0 Å². The van der Waals surface area contributed by atoms with Crippen LogP contribution in [0, 0.1) is 6.92 Å². The Kier molecular flexibility index (Phi) is 4.24. The quantitative estimate of drug-likeness (QED) is 0.822. The molecule has 0 spiro atoms. The highest BCUT2D eigenvalue weighted by molar-refractivity contribution is 7.98. The number of carboxylic acids is 1. The Balaban J connectivity index is 3.29. The van der Waals surface area contributed by atoms with Crippen LogP contribution < -0.4 is 4.74 Å². The highest BCUT2D eigenvalue weighted by Crippen LogP contribution is 2.33. The van der Waals surface area contributed by atoms with Gasteiger partial charge in [-0.2, -0.15) is 0 Å². The fourth-order valence-corrected chi connectivity index (χ4v) is 2.31. The van der Waals surface area contributed by atoms with Crippen molar-refractivity contribution in [3.8, 4) is 5.75 Å². The molecule has 1 rings (SSSR count). The fraction of sp³-hybridized carbons (Fsp3) is 0.417. The smallest absolute Gasteiger partial charge is 0.310 e. The Bertz CT molecular complexity index is 401. The van der Waals surface area contributed by atoms with Crippen LogP contribution in [0.4, 0.5) is 0 Å². The minimum absolute atomic E-state index is 0.517. The van der Waals surface area contributed by atoms with Gasteiger partial charge < -0.3 is 9.84 Å². The Morgan fingerprint density at radius 2 is 2.12 bits per heavy atom. The summed E-state index contributed by atoms with van der Waals surface area (Å²) in [5, 5.41) is 9.04. The van der Waals surface area contributed by atoms with E-state index in [0.29, 0.717) is 0 Å². The SMILES string of the molecule is COc1cc(C(C)C(=O)O)c(SC)cc1C. The first kappa shape index (κ1) is 12.9. The third kappa shape index (κ3) is 2.50. The Morgan fingerprint density at radius 3 is 2.56 bits per heavy atom.